The minimum atomic E-state index is -0.928. The number of esters is 1. The minimum absolute atomic E-state index is 0.0569. The van der Waals surface area contributed by atoms with Crippen molar-refractivity contribution in [2.24, 2.45) is 0 Å². The minimum Gasteiger partial charge on any atom is -0.471 e. The summed E-state index contributed by atoms with van der Waals surface area (Å²) in [6, 6.07) is 2.96. The Morgan fingerprint density at radius 3 is 2.71 bits per heavy atom. The maximum Gasteiger partial charge on any atom is 0.406 e. The second kappa shape index (κ2) is 5.24. The first kappa shape index (κ1) is 12.9. The molecular weight excluding hydrogens is 228 g/mol. The van der Waals surface area contributed by atoms with Crippen LogP contribution in [0.1, 0.15) is 12.6 Å². The second-order valence-electron chi connectivity index (χ2n) is 3.31. The highest BCUT2D eigenvalue weighted by atomic mass is 16.6. The molecule has 7 nitrogen and oxygen atoms in total. The molecule has 1 rings (SSSR count). The van der Waals surface area contributed by atoms with Crippen LogP contribution in [0.15, 0.2) is 12.1 Å². The number of pyridine rings is 1. The van der Waals surface area contributed by atoms with Crippen LogP contribution in [0.5, 0.6) is 5.75 Å². The van der Waals surface area contributed by atoms with Gasteiger partial charge in [0, 0.05) is 6.92 Å². The van der Waals surface area contributed by atoms with Gasteiger partial charge < -0.3 is 19.6 Å². The van der Waals surface area contributed by atoms with Crippen LogP contribution in [-0.4, -0.2) is 29.1 Å². The van der Waals surface area contributed by atoms with Crippen LogP contribution in [0.3, 0.4) is 0 Å². The Kier molecular flexibility index (Phi) is 3.97. The molecule has 1 aromatic rings. The van der Waals surface area contributed by atoms with Crippen molar-refractivity contribution < 1.29 is 19.2 Å². The van der Waals surface area contributed by atoms with Crippen molar-refractivity contribution in [2.75, 3.05) is 7.11 Å². The molecule has 0 aromatic carbocycles. The predicted molar refractivity (Wildman–Crippen MR) is 57.7 cm³/mol. The van der Waals surface area contributed by atoms with Crippen molar-refractivity contribution >= 4 is 11.8 Å². The molecule has 1 unspecified atom stereocenters. The molecule has 17 heavy (non-hydrogen) atoms. The van der Waals surface area contributed by atoms with Gasteiger partial charge in [-0.1, -0.05) is 0 Å². The Labute approximate surface area is 97.5 Å². The lowest BCUT2D eigenvalue weighted by atomic mass is 10.3. The Bertz CT molecular complexity index is 446. The molecule has 0 radical (unpaired) electrons. The lowest BCUT2D eigenvalue weighted by Gasteiger charge is -2.11. The summed E-state index contributed by atoms with van der Waals surface area (Å²) < 4.78 is 9.59. The first-order chi connectivity index (χ1) is 7.95. The Hall–Kier alpha value is -2.18. The molecular formula is C10H12N2O5. The zero-order chi connectivity index (χ0) is 13.0. The van der Waals surface area contributed by atoms with E-state index in [-0.39, 0.29) is 5.75 Å². The summed E-state index contributed by atoms with van der Waals surface area (Å²) in [5.41, 5.74) is 0.495. The summed E-state index contributed by atoms with van der Waals surface area (Å²) >= 11 is 0. The summed E-state index contributed by atoms with van der Waals surface area (Å²) in [6.45, 7) is 3.07. The molecule has 1 atom stereocenters. The van der Waals surface area contributed by atoms with E-state index >= 15 is 0 Å². The number of aromatic nitrogens is 1. The van der Waals surface area contributed by atoms with Gasteiger partial charge in [0.1, 0.15) is 5.69 Å². The van der Waals surface area contributed by atoms with Crippen molar-refractivity contribution in [3.8, 4) is 5.75 Å². The molecule has 0 aliphatic carbocycles. The lowest BCUT2D eigenvalue weighted by Crippen LogP contribution is -2.25. The quantitative estimate of drug-likeness (QED) is 0.446. The third-order valence-corrected chi connectivity index (χ3v) is 1.99. The van der Waals surface area contributed by atoms with Gasteiger partial charge in [0.2, 0.25) is 5.75 Å². The van der Waals surface area contributed by atoms with E-state index in [0.717, 1.165) is 0 Å². The first-order valence-electron chi connectivity index (χ1n) is 4.82. The monoisotopic (exact) mass is 240 g/mol. The Morgan fingerprint density at radius 2 is 2.18 bits per heavy atom. The molecule has 0 aliphatic rings. The molecule has 0 saturated carbocycles. The number of rotatable bonds is 4. The molecule has 0 bridgehead atoms. The molecule has 0 amide bonds. The fraction of sp³-hybridized carbons (Fsp3) is 0.400. The predicted octanol–water partition coefficient (Wildman–Crippen LogP) is 1.24. The van der Waals surface area contributed by atoms with E-state index in [1.54, 1.807) is 13.0 Å². The maximum atomic E-state index is 11.1. The highest BCUT2D eigenvalue weighted by Gasteiger charge is 2.22. The maximum absolute atomic E-state index is 11.1. The van der Waals surface area contributed by atoms with Crippen LogP contribution in [0.25, 0.3) is 0 Å². The molecule has 0 fully saturated rings. The average Bonchev–Trinajstić information content (AvgIpc) is 2.29. The zero-order valence-electron chi connectivity index (χ0n) is 9.67. The van der Waals surface area contributed by atoms with Crippen LogP contribution in [0, 0.1) is 17.0 Å². The fourth-order valence-corrected chi connectivity index (χ4v) is 1.16. The number of nitro groups is 1. The van der Waals surface area contributed by atoms with E-state index in [4.69, 9.17) is 4.74 Å². The third kappa shape index (κ3) is 3.13. The van der Waals surface area contributed by atoms with Crippen molar-refractivity contribution in [2.45, 2.75) is 20.0 Å². The van der Waals surface area contributed by atoms with Crippen LogP contribution in [0.4, 0.5) is 5.82 Å². The van der Waals surface area contributed by atoms with Gasteiger partial charge in [-0.05, 0) is 29.0 Å². The number of methoxy groups -OCH3 is 1. The van der Waals surface area contributed by atoms with E-state index in [0.29, 0.717) is 5.69 Å². The molecule has 0 aliphatic heterocycles. The van der Waals surface area contributed by atoms with Crippen LogP contribution >= 0.6 is 0 Å². The normalized spacial score (nSPS) is 11.7. The lowest BCUT2D eigenvalue weighted by molar-refractivity contribution is -0.390. The van der Waals surface area contributed by atoms with Gasteiger partial charge in [-0.15, -0.1) is 0 Å². The molecule has 0 N–H and O–H groups in total. The number of nitrogens with zero attached hydrogens (tertiary/aromatic N) is 2. The van der Waals surface area contributed by atoms with Crippen LogP contribution in [-0.2, 0) is 9.53 Å². The molecule has 1 aromatic heterocycles. The number of ether oxygens (including phenoxy) is 2. The van der Waals surface area contributed by atoms with Gasteiger partial charge in [0.05, 0.1) is 7.11 Å². The zero-order valence-corrected chi connectivity index (χ0v) is 9.67. The van der Waals surface area contributed by atoms with E-state index < -0.39 is 22.8 Å². The molecule has 7 heteroatoms. The molecule has 0 spiro atoms. The van der Waals surface area contributed by atoms with Crippen LogP contribution < -0.4 is 4.74 Å². The van der Waals surface area contributed by atoms with Crippen molar-refractivity contribution in [1.29, 1.82) is 0 Å². The summed E-state index contributed by atoms with van der Waals surface area (Å²) in [6.07, 6.45) is -0.928. The van der Waals surface area contributed by atoms with Crippen molar-refractivity contribution in [3.05, 3.63) is 27.9 Å². The van der Waals surface area contributed by atoms with E-state index in [1.165, 1.54) is 20.1 Å². The SMILES string of the molecule is COC(=O)C(C)Oc1ccc(C)nc1[N+](=O)[O-]. The number of hydrogen-bond acceptors (Lipinski definition) is 6. The number of aryl methyl sites for hydroxylation is 1. The smallest absolute Gasteiger partial charge is 0.406 e. The first-order valence-corrected chi connectivity index (χ1v) is 4.82. The second-order valence-corrected chi connectivity index (χ2v) is 3.31. The van der Waals surface area contributed by atoms with Crippen LogP contribution in [0.2, 0.25) is 0 Å². The van der Waals surface area contributed by atoms with Gasteiger partial charge in [0.15, 0.2) is 6.10 Å². The summed E-state index contributed by atoms with van der Waals surface area (Å²) in [4.78, 5) is 24.9. The largest absolute Gasteiger partial charge is 0.471 e. The summed E-state index contributed by atoms with van der Waals surface area (Å²) in [7, 11) is 1.21. The van der Waals surface area contributed by atoms with E-state index in [1.807, 2.05) is 0 Å². The van der Waals surface area contributed by atoms with Gasteiger partial charge in [-0.3, -0.25) is 0 Å². The topological polar surface area (TPSA) is 91.6 Å². The number of carbonyl (C=O) groups is 1. The summed E-state index contributed by atoms with van der Waals surface area (Å²) in [5, 5.41) is 10.7. The van der Waals surface area contributed by atoms with Crippen molar-refractivity contribution in [1.82, 2.24) is 4.98 Å². The van der Waals surface area contributed by atoms with Gasteiger partial charge in [-0.2, -0.15) is 0 Å². The fourth-order valence-electron chi connectivity index (χ4n) is 1.16. The van der Waals surface area contributed by atoms with E-state index in [9.17, 15) is 14.9 Å². The van der Waals surface area contributed by atoms with E-state index in [2.05, 4.69) is 9.72 Å². The van der Waals surface area contributed by atoms with Gasteiger partial charge in [0.25, 0.3) is 0 Å². The van der Waals surface area contributed by atoms with Gasteiger partial charge in [-0.25, -0.2) is 4.79 Å². The molecule has 0 saturated heterocycles. The average molecular weight is 240 g/mol. The molecule has 1 heterocycles. The summed E-state index contributed by atoms with van der Waals surface area (Å²) in [5.74, 6) is -1.08. The van der Waals surface area contributed by atoms with Gasteiger partial charge >= 0.3 is 11.8 Å². The highest BCUT2D eigenvalue weighted by Crippen LogP contribution is 2.25. The Morgan fingerprint density at radius 1 is 1.53 bits per heavy atom. The molecule has 92 valence electrons. The standard InChI is InChI=1S/C10H12N2O5/c1-6-4-5-8(9(11-6)12(14)15)17-7(2)10(13)16-3/h4-5,7H,1-3H3. The number of carbonyl (C=O) groups excluding carboxylic acids is 1. The van der Waals surface area contributed by atoms with Crippen molar-refractivity contribution in [3.63, 3.8) is 0 Å². The third-order valence-electron chi connectivity index (χ3n) is 1.99. The number of hydrogen-bond donors (Lipinski definition) is 0. The highest BCUT2D eigenvalue weighted by molar-refractivity contribution is 5.74. The Balaban J connectivity index is 2.98.